The number of carbonyl (C=O) groups excluding carboxylic acids is 3. The third-order valence-corrected chi connectivity index (χ3v) is 4.72. The van der Waals surface area contributed by atoms with Gasteiger partial charge in [0.05, 0.1) is 18.2 Å². The minimum Gasteiger partial charge on any atom is -0.391 e. The first kappa shape index (κ1) is 26.0. The predicted octanol–water partition coefficient (Wildman–Crippen LogP) is 0.641. The smallest absolute Gasteiger partial charge is 0.268 e. The average Bonchev–Trinajstić information content (AvgIpc) is 2.84. The number of nitrogens with one attached hydrogen (secondary N) is 3. The number of rotatable bonds is 8. The average molecular weight is 463 g/mol. The summed E-state index contributed by atoms with van der Waals surface area (Å²) in [4.78, 5) is 35.8. The molecule has 10 heteroatoms. The van der Waals surface area contributed by atoms with Crippen molar-refractivity contribution in [2.45, 2.75) is 38.0 Å². The minimum absolute atomic E-state index is 0.206. The summed E-state index contributed by atoms with van der Waals surface area (Å²) in [7, 11) is 0. The first-order valence-electron chi connectivity index (χ1n) is 10.3. The molecule has 2 rings (SSSR count). The zero-order chi connectivity index (χ0) is 25.1. The second kappa shape index (κ2) is 12.7. The van der Waals surface area contributed by atoms with Crippen LogP contribution in [-0.4, -0.2) is 46.2 Å². The fraction of sp³-hybridized carbons (Fsp3) is 0.250. The van der Waals surface area contributed by atoms with Gasteiger partial charge in [-0.3, -0.25) is 19.6 Å². The van der Waals surface area contributed by atoms with Crippen LogP contribution in [0.2, 0.25) is 0 Å². The van der Waals surface area contributed by atoms with Crippen LogP contribution in [-0.2, 0) is 9.59 Å². The maximum Gasteiger partial charge on any atom is 0.268 e. The third kappa shape index (κ3) is 7.73. The number of anilines is 1. The van der Waals surface area contributed by atoms with Crippen LogP contribution in [0.15, 0.2) is 48.5 Å². The standard InChI is InChI=1S/C24H25N5O5/c1-15(30)21(24(33)29-34)28-22(31)18-10-6-16(7-11-18)4-5-17-8-12-19(13-9-17)27-23(32)20(26)3-2-14-25/h6-13,15,20-21,30,34H,2-3,26H2,1H3,(H,27,32)(H,28,31)(H,29,33)/t15-,20+,21+/m1/s1. The Bertz CT molecular complexity index is 1110. The molecule has 10 nitrogen and oxygen atoms in total. The summed E-state index contributed by atoms with van der Waals surface area (Å²) < 4.78 is 0. The molecule has 0 unspecified atom stereocenters. The highest BCUT2D eigenvalue weighted by Gasteiger charge is 2.25. The van der Waals surface area contributed by atoms with Crippen LogP contribution in [0.4, 0.5) is 5.69 Å². The van der Waals surface area contributed by atoms with Crippen molar-refractivity contribution in [1.82, 2.24) is 10.8 Å². The number of carbonyl (C=O) groups is 3. The molecule has 0 saturated heterocycles. The van der Waals surface area contributed by atoms with Gasteiger partial charge in [-0.1, -0.05) is 11.8 Å². The van der Waals surface area contributed by atoms with E-state index < -0.39 is 30.0 Å². The van der Waals surface area contributed by atoms with Crippen molar-refractivity contribution in [3.8, 4) is 17.9 Å². The van der Waals surface area contributed by atoms with Gasteiger partial charge in [0, 0.05) is 28.8 Å². The summed E-state index contributed by atoms with van der Waals surface area (Å²) in [6.45, 7) is 1.31. The molecule has 0 bridgehead atoms. The number of nitriles is 1. The van der Waals surface area contributed by atoms with E-state index in [4.69, 9.17) is 16.2 Å². The van der Waals surface area contributed by atoms with Gasteiger partial charge < -0.3 is 21.5 Å². The molecule has 0 spiro atoms. The SMILES string of the molecule is C[C@@H](O)[C@H](NC(=O)c1ccc(C#Cc2ccc(NC(=O)[C@@H](N)CCC#N)cc2)cc1)C(=O)NO. The van der Waals surface area contributed by atoms with Crippen molar-refractivity contribution < 1.29 is 24.7 Å². The zero-order valence-corrected chi connectivity index (χ0v) is 18.4. The van der Waals surface area contributed by atoms with Crippen molar-refractivity contribution in [2.24, 2.45) is 5.73 Å². The van der Waals surface area contributed by atoms with Gasteiger partial charge in [0.15, 0.2) is 0 Å². The highest BCUT2D eigenvalue weighted by molar-refractivity contribution is 5.97. The molecule has 2 aromatic rings. The molecule has 34 heavy (non-hydrogen) atoms. The highest BCUT2D eigenvalue weighted by atomic mass is 16.5. The van der Waals surface area contributed by atoms with Gasteiger partial charge in [0.25, 0.3) is 11.8 Å². The molecule has 3 amide bonds. The first-order valence-corrected chi connectivity index (χ1v) is 10.3. The molecule has 0 radical (unpaired) electrons. The largest absolute Gasteiger partial charge is 0.391 e. The molecule has 0 heterocycles. The van der Waals surface area contributed by atoms with Gasteiger partial charge >= 0.3 is 0 Å². The van der Waals surface area contributed by atoms with Crippen LogP contribution in [0.3, 0.4) is 0 Å². The van der Waals surface area contributed by atoms with Crippen LogP contribution in [0.5, 0.6) is 0 Å². The Labute approximate surface area is 196 Å². The summed E-state index contributed by atoms with van der Waals surface area (Å²) >= 11 is 0. The maximum absolute atomic E-state index is 12.3. The van der Waals surface area contributed by atoms with E-state index in [1.807, 2.05) is 6.07 Å². The van der Waals surface area contributed by atoms with Gasteiger partial charge in [-0.05, 0) is 61.9 Å². The van der Waals surface area contributed by atoms with E-state index in [9.17, 15) is 19.5 Å². The Morgan fingerprint density at radius 2 is 1.56 bits per heavy atom. The molecule has 0 fully saturated rings. The molecule has 0 saturated carbocycles. The van der Waals surface area contributed by atoms with E-state index >= 15 is 0 Å². The van der Waals surface area contributed by atoms with Crippen molar-refractivity contribution in [3.05, 3.63) is 65.2 Å². The molecule has 2 aromatic carbocycles. The molecule has 176 valence electrons. The lowest BCUT2D eigenvalue weighted by Gasteiger charge is -2.19. The lowest BCUT2D eigenvalue weighted by Crippen LogP contribution is -2.51. The number of aliphatic hydroxyl groups is 1. The first-order chi connectivity index (χ1) is 16.2. The number of hydrogen-bond acceptors (Lipinski definition) is 7. The maximum atomic E-state index is 12.3. The fourth-order valence-electron chi connectivity index (χ4n) is 2.77. The lowest BCUT2D eigenvalue weighted by molar-refractivity contribution is -0.133. The Morgan fingerprint density at radius 3 is 2.06 bits per heavy atom. The van der Waals surface area contributed by atoms with Crippen molar-refractivity contribution >= 4 is 23.4 Å². The fourth-order valence-corrected chi connectivity index (χ4v) is 2.77. The van der Waals surface area contributed by atoms with Crippen LogP contribution in [0, 0.1) is 23.2 Å². The summed E-state index contributed by atoms with van der Waals surface area (Å²) in [6.07, 6.45) is -0.718. The number of aliphatic hydroxyl groups excluding tert-OH is 1. The van der Waals surface area contributed by atoms with Gasteiger partial charge in [-0.15, -0.1) is 0 Å². The molecular formula is C24H25N5O5. The lowest BCUT2D eigenvalue weighted by atomic mass is 10.1. The molecule has 0 aliphatic carbocycles. The summed E-state index contributed by atoms with van der Waals surface area (Å²) in [5.41, 5.74) is 9.27. The molecule has 0 aliphatic heterocycles. The zero-order valence-electron chi connectivity index (χ0n) is 18.4. The monoisotopic (exact) mass is 463 g/mol. The van der Waals surface area contributed by atoms with Gasteiger partial charge in [0.2, 0.25) is 5.91 Å². The van der Waals surface area contributed by atoms with Crippen LogP contribution >= 0.6 is 0 Å². The number of hydroxylamine groups is 1. The second-order valence-corrected chi connectivity index (χ2v) is 7.37. The van der Waals surface area contributed by atoms with E-state index in [1.165, 1.54) is 24.5 Å². The van der Waals surface area contributed by atoms with Gasteiger partial charge in [0.1, 0.15) is 6.04 Å². The Balaban J connectivity index is 1.99. The molecular weight excluding hydrogens is 438 g/mol. The molecule has 7 N–H and O–H groups in total. The van der Waals surface area contributed by atoms with E-state index in [1.54, 1.807) is 36.4 Å². The minimum atomic E-state index is -1.31. The summed E-state index contributed by atoms with van der Waals surface area (Å²) in [5, 5.41) is 31.9. The van der Waals surface area contributed by atoms with Crippen molar-refractivity contribution in [3.63, 3.8) is 0 Å². The quantitative estimate of drug-likeness (QED) is 0.189. The molecule has 3 atom stereocenters. The highest BCUT2D eigenvalue weighted by Crippen LogP contribution is 2.11. The number of hydrogen-bond donors (Lipinski definition) is 6. The number of amides is 3. The van der Waals surface area contributed by atoms with Gasteiger partial charge in [-0.2, -0.15) is 5.26 Å². The Hall–Kier alpha value is -4.22. The second-order valence-electron chi connectivity index (χ2n) is 7.37. The van der Waals surface area contributed by atoms with Crippen LogP contribution in [0.25, 0.3) is 0 Å². The van der Waals surface area contributed by atoms with E-state index in [0.29, 0.717) is 16.8 Å². The number of nitrogens with two attached hydrogens (primary N) is 1. The van der Waals surface area contributed by atoms with E-state index in [2.05, 4.69) is 22.5 Å². The predicted molar refractivity (Wildman–Crippen MR) is 123 cm³/mol. The van der Waals surface area contributed by atoms with Crippen molar-refractivity contribution in [1.29, 1.82) is 5.26 Å². The number of nitrogens with zero attached hydrogens (tertiary/aromatic N) is 1. The Morgan fingerprint density at radius 1 is 1.00 bits per heavy atom. The summed E-state index contributed by atoms with van der Waals surface area (Å²) in [6, 6.07) is 13.0. The normalized spacial score (nSPS) is 12.7. The Kier molecular flexibility index (Phi) is 9.74. The molecule has 0 aromatic heterocycles. The molecule has 0 aliphatic rings. The van der Waals surface area contributed by atoms with E-state index in [-0.39, 0.29) is 24.3 Å². The van der Waals surface area contributed by atoms with E-state index in [0.717, 1.165) is 0 Å². The van der Waals surface area contributed by atoms with Gasteiger partial charge in [-0.25, -0.2) is 5.48 Å². The topological polar surface area (TPSA) is 178 Å². The summed E-state index contributed by atoms with van der Waals surface area (Å²) in [5.74, 6) is 4.03. The number of benzene rings is 2. The van der Waals surface area contributed by atoms with Crippen molar-refractivity contribution in [2.75, 3.05) is 5.32 Å². The van der Waals surface area contributed by atoms with Crippen LogP contribution < -0.4 is 21.8 Å². The van der Waals surface area contributed by atoms with Crippen LogP contribution in [0.1, 0.15) is 41.3 Å². The third-order valence-electron chi connectivity index (χ3n) is 4.72.